The number of hydrogen-bond acceptors (Lipinski definition) is 5. The first kappa shape index (κ1) is 15.4. The van der Waals surface area contributed by atoms with Gasteiger partial charge < -0.3 is 10.6 Å². The summed E-state index contributed by atoms with van der Waals surface area (Å²) in [6.45, 7) is 9.20. The van der Waals surface area contributed by atoms with Crippen molar-refractivity contribution >= 4 is 28.1 Å². The fraction of sp³-hybridized carbons (Fsp3) is 0.400. The van der Waals surface area contributed by atoms with Crippen molar-refractivity contribution in [2.75, 3.05) is 17.2 Å². The summed E-state index contributed by atoms with van der Waals surface area (Å²) in [6.07, 6.45) is 0. The number of nitrogens with one attached hydrogen (secondary N) is 2. The summed E-state index contributed by atoms with van der Waals surface area (Å²) in [6, 6.07) is 7.87. The Balaban J connectivity index is 2.05. The second kappa shape index (κ2) is 6.22. The van der Waals surface area contributed by atoms with Crippen LogP contribution in [0.1, 0.15) is 43.1 Å². The van der Waals surface area contributed by atoms with Crippen molar-refractivity contribution in [2.45, 2.75) is 33.1 Å². The van der Waals surface area contributed by atoms with Crippen molar-refractivity contribution in [1.29, 1.82) is 0 Å². The predicted octanol–water partition coefficient (Wildman–Crippen LogP) is 3.52. The molecule has 6 heteroatoms. The van der Waals surface area contributed by atoms with E-state index in [1.54, 1.807) is 0 Å². The third-order valence-corrected chi connectivity index (χ3v) is 3.84. The lowest BCUT2D eigenvalue weighted by Crippen LogP contribution is -2.13. The highest BCUT2D eigenvalue weighted by atomic mass is 32.1. The van der Waals surface area contributed by atoms with Gasteiger partial charge in [0.25, 0.3) is 5.91 Å². The van der Waals surface area contributed by atoms with E-state index in [0.717, 1.165) is 12.2 Å². The Hall–Kier alpha value is -1.95. The molecule has 1 aromatic carbocycles. The maximum atomic E-state index is 12.1. The van der Waals surface area contributed by atoms with E-state index in [-0.39, 0.29) is 11.3 Å². The molecule has 2 rings (SSSR count). The summed E-state index contributed by atoms with van der Waals surface area (Å²) >= 11 is 1.25. The van der Waals surface area contributed by atoms with E-state index < -0.39 is 0 Å². The summed E-state index contributed by atoms with van der Waals surface area (Å²) in [4.78, 5) is 12.1. The van der Waals surface area contributed by atoms with Gasteiger partial charge in [0.1, 0.15) is 0 Å². The van der Waals surface area contributed by atoms with E-state index in [2.05, 4.69) is 41.6 Å². The second-order valence-electron chi connectivity index (χ2n) is 5.72. The number of carbonyl (C=O) groups excluding carboxylic acids is 1. The van der Waals surface area contributed by atoms with Gasteiger partial charge in [-0.1, -0.05) is 44.2 Å². The van der Waals surface area contributed by atoms with Gasteiger partial charge in [0.05, 0.1) is 0 Å². The number of anilines is 2. The number of benzene rings is 1. The van der Waals surface area contributed by atoms with Crippen molar-refractivity contribution in [1.82, 2.24) is 10.2 Å². The number of carbonyl (C=O) groups is 1. The van der Waals surface area contributed by atoms with Crippen LogP contribution in [0.2, 0.25) is 0 Å². The highest BCUT2D eigenvalue weighted by molar-refractivity contribution is 7.17. The average Bonchev–Trinajstić information content (AvgIpc) is 2.87. The first-order chi connectivity index (χ1) is 9.90. The Morgan fingerprint density at radius 2 is 1.86 bits per heavy atom. The van der Waals surface area contributed by atoms with Crippen LogP contribution in [0.3, 0.4) is 0 Å². The Bertz CT molecular complexity index is 613. The molecular formula is C15H20N4OS. The quantitative estimate of drug-likeness (QED) is 0.907. The fourth-order valence-corrected chi connectivity index (χ4v) is 2.48. The van der Waals surface area contributed by atoms with Crippen LogP contribution >= 0.6 is 11.3 Å². The highest BCUT2D eigenvalue weighted by Crippen LogP contribution is 2.24. The minimum atomic E-state index is -0.236. The molecule has 21 heavy (non-hydrogen) atoms. The van der Waals surface area contributed by atoms with Gasteiger partial charge in [-0.3, -0.25) is 4.79 Å². The Morgan fingerprint density at radius 3 is 2.43 bits per heavy atom. The van der Waals surface area contributed by atoms with Gasteiger partial charge in [-0.15, -0.1) is 10.2 Å². The van der Waals surface area contributed by atoms with Crippen LogP contribution in [0.15, 0.2) is 24.3 Å². The molecule has 0 saturated heterocycles. The maximum Gasteiger partial charge on any atom is 0.286 e. The maximum absolute atomic E-state index is 12.1. The molecule has 5 nitrogen and oxygen atoms in total. The lowest BCUT2D eigenvalue weighted by atomic mass is 9.87. The zero-order valence-corrected chi connectivity index (χ0v) is 13.5. The van der Waals surface area contributed by atoms with Crippen molar-refractivity contribution in [3.63, 3.8) is 0 Å². The summed E-state index contributed by atoms with van der Waals surface area (Å²) in [5, 5.41) is 14.7. The molecule has 1 heterocycles. The number of hydrogen-bond donors (Lipinski definition) is 2. The average molecular weight is 304 g/mol. The molecule has 0 aliphatic carbocycles. The molecule has 0 unspecified atom stereocenters. The summed E-state index contributed by atoms with van der Waals surface area (Å²) in [7, 11) is 0. The zero-order valence-electron chi connectivity index (χ0n) is 12.7. The van der Waals surface area contributed by atoms with Gasteiger partial charge in [0.15, 0.2) is 0 Å². The first-order valence-corrected chi connectivity index (χ1v) is 7.71. The van der Waals surface area contributed by atoms with Crippen LogP contribution in [0.4, 0.5) is 10.8 Å². The largest absolute Gasteiger partial charge is 0.360 e. The van der Waals surface area contributed by atoms with Crippen LogP contribution in [-0.2, 0) is 5.41 Å². The van der Waals surface area contributed by atoms with E-state index in [4.69, 9.17) is 0 Å². The van der Waals surface area contributed by atoms with Gasteiger partial charge >= 0.3 is 0 Å². The molecule has 1 aromatic heterocycles. The van der Waals surface area contributed by atoms with E-state index >= 15 is 0 Å². The van der Waals surface area contributed by atoms with Gasteiger partial charge in [0.2, 0.25) is 10.1 Å². The number of nitrogens with zero attached hydrogens (tertiary/aromatic N) is 2. The van der Waals surface area contributed by atoms with Crippen molar-refractivity contribution in [3.05, 3.63) is 34.8 Å². The minimum Gasteiger partial charge on any atom is -0.360 e. The lowest BCUT2D eigenvalue weighted by Gasteiger charge is -2.19. The number of rotatable bonds is 4. The number of aromatic nitrogens is 2. The highest BCUT2D eigenvalue weighted by Gasteiger charge is 2.15. The molecule has 0 saturated carbocycles. The Labute approximate surface area is 128 Å². The van der Waals surface area contributed by atoms with E-state index in [9.17, 15) is 4.79 Å². The van der Waals surface area contributed by atoms with Crippen molar-refractivity contribution < 1.29 is 4.79 Å². The van der Waals surface area contributed by atoms with Crippen molar-refractivity contribution in [3.8, 4) is 0 Å². The van der Waals surface area contributed by atoms with Crippen LogP contribution in [0.5, 0.6) is 0 Å². The fourth-order valence-electron chi connectivity index (χ4n) is 1.78. The van der Waals surface area contributed by atoms with Gasteiger partial charge in [0, 0.05) is 12.2 Å². The lowest BCUT2D eigenvalue weighted by molar-refractivity contribution is 0.102. The summed E-state index contributed by atoms with van der Waals surface area (Å²) in [5.74, 6) is -0.236. The normalized spacial score (nSPS) is 11.2. The third kappa shape index (κ3) is 4.01. The number of amides is 1. The van der Waals surface area contributed by atoms with Crippen LogP contribution in [-0.4, -0.2) is 22.6 Å². The molecule has 0 atom stereocenters. The molecule has 0 radical (unpaired) electrons. The molecule has 0 aliphatic heterocycles. The SMILES string of the molecule is CCNc1nnc(C(=O)Nc2ccc(C(C)(C)C)cc2)s1. The molecule has 112 valence electrons. The predicted molar refractivity (Wildman–Crippen MR) is 87.2 cm³/mol. The monoisotopic (exact) mass is 304 g/mol. The smallest absolute Gasteiger partial charge is 0.286 e. The molecule has 1 amide bonds. The zero-order chi connectivity index (χ0) is 15.5. The molecule has 0 fully saturated rings. The molecule has 0 aliphatic rings. The van der Waals surface area contributed by atoms with E-state index in [1.807, 2.05) is 31.2 Å². The Morgan fingerprint density at radius 1 is 1.19 bits per heavy atom. The van der Waals surface area contributed by atoms with Gasteiger partial charge in [-0.2, -0.15) is 0 Å². The third-order valence-electron chi connectivity index (χ3n) is 2.96. The molecule has 2 aromatic rings. The standard InChI is InChI=1S/C15H20N4OS/c1-5-16-14-19-18-13(21-14)12(20)17-11-8-6-10(7-9-11)15(2,3)4/h6-9H,5H2,1-4H3,(H,16,19)(H,17,20). The van der Waals surface area contributed by atoms with Gasteiger partial charge in [-0.25, -0.2) is 0 Å². The molecule has 2 N–H and O–H groups in total. The first-order valence-electron chi connectivity index (χ1n) is 6.89. The van der Waals surface area contributed by atoms with Crippen LogP contribution < -0.4 is 10.6 Å². The minimum absolute atomic E-state index is 0.0997. The summed E-state index contributed by atoms with van der Waals surface area (Å²) in [5.41, 5.74) is 2.08. The summed E-state index contributed by atoms with van der Waals surface area (Å²) < 4.78 is 0. The molecular weight excluding hydrogens is 284 g/mol. The van der Waals surface area contributed by atoms with Crippen LogP contribution in [0.25, 0.3) is 0 Å². The Kier molecular flexibility index (Phi) is 4.57. The van der Waals surface area contributed by atoms with E-state index in [1.165, 1.54) is 16.9 Å². The van der Waals surface area contributed by atoms with E-state index in [0.29, 0.717) is 10.1 Å². The van der Waals surface area contributed by atoms with Crippen molar-refractivity contribution in [2.24, 2.45) is 0 Å². The van der Waals surface area contributed by atoms with Gasteiger partial charge in [-0.05, 0) is 30.0 Å². The topological polar surface area (TPSA) is 66.9 Å². The molecule has 0 bridgehead atoms. The van der Waals surface area contributed by atoms with Crippen LogP contribution in [0, 0.1) is 0 Å². The molecule has 0 spiro atoms. The second-order valence-corrected chi connectivity index (χ2v) is 6.70.